The number of aliphatic carboxylic acids is 1. The lowest BCUT2D eigenvalue weighted by molar-refractivity contribution is -0.145. The molecule has 0 aliphatic carbocycles. The second-order valence-electron chi connectivity index (χ2n) is 2.96. The van der Waals surface area contributed by atoms with E-state index in [0.29, 0.717) is 17.2 Å². The summed E-state index contributed by atoms with van der Waals surface area (Å²) in [6, 6.07) is -0.782. The van der Waals surface area contributed by atoms with Gasteiger partial charge in [-0.05, 0) is 6.42 Å². The van der Waals surface area contributed by atoms with Crippen molar-refractivity contribution < 1.29 is 14.7 Å². The molecule has 1 amide bonds. The molecule has 0 bridgehead atoms. The van der Waals surface area contributed by atoms with Crippen molar-refractivity contribution in [1.82, 2.24) is 4.90 Å². The molecule has 0 aromatic carbocycles. The Labute approximate surface area is 91.6 Å². The maximum atomic E-state index is 11.4. The number of carboxylic acids is 1. The van der Waals surface area contributed by atoms with E-state index in [1.807, 2.05) is 6.92 Å². The van der Waals surface area contributed by atoms with E-state index in [4.69, 9.17) is 17.3 Å². The monoisotopic (exact) mass is 233 g/mol. The highest BCUT2D eigenvalue weighted by molar-refractivity contribution is 8.23. The minimum Gasteiger partial charge on any atom is -0.480 e. The number of rotatable bonds is 4. The van der Waals surface area contributed by atoms with Gasteiger partial charge in [-0.15, -0.1) is 0 Å². The normalized spacial score (nSPS) is 18.8. The van der Waals surface area contributed by atoms with Gasteiger partial charge in [0.05, 0.1) is 5.75 Å². The summed E-state index contributed by atoms with van der Waals surface area (Å²) in [4.78, 5) is 23.5. The highest BCUT2D eigenvalue weighted by atomic mass is 32.2. The minimum atomic E-state index is -0.981. The lowest BCUT2D eigenvalue weighted by atomic mass is 10.1. The highest BCUT2D eigenvalue weighted by Crippen LogP contribution is 2.23. The minimum absolute atomic E-state index is 0.194. The molecule has 1 aliphatic rings. The SMILES string of the molecule is CCCC(C(=O)O)N1C(=O)CSC1=S. The molecule has 1 N–H and O–H groups in total. The summed E-state index contributed by atoms with van der Waals surface area (Å²) in [6.07, 6.45) is 1.16. The first-order chi connectivity index (χ1) is 6.57. The molecule has 1 aliphatic heterocycles. The number of hydrogen-bond acceptors (Lipinski definition) is 4. The molecule has 0 aromatic heterocycles. The first-order valence-corrected chi connectivity index (χ1v) is 5.69. The Morgan fingerprint density at radius 2 is 2.43 bits per heavy atom. The van der Waals surface area contributed by atoms with Crippen molar-refractivity contribution in [3.05, 3.63) is 0 Å². The van der Waals surface area contributed by atoms with Gasteiger partial charge in [0.25, 0.3) is 0 Å². The van der Waals surface area contributed by atoms with Crippen LogP contribution in [0.4, 0.5) is 0 Å². The first-order valence-electron chi connectivity index (χ1n) is 4.29. The Bertz CT molecular complexity index is 264. The average molecular weight is 233 g/mol. The smallest absolute Gasteiger partial charge is 0.326 e. The van der Waals surface area contributed by atoms with Crippen molar-refractivity contribution in [2.24, 2.45) is 0 Å². The van der Waals surface area contributed by atoms with E-state index in [1.165, 1.54) is 16.7 Å². The topological polar surface area (TPSA) is 57.6 Å². The molecule has 0 saturated carbocycles. The number of nitrogens with zero attached hydrogens (tertiary/aromatic N) is 1. The van der Waals surface area contributed by atoms with Crippen LogP contribution in [0.3, 0.4) is 0 Å². The van der Waals surface area contributed by atoms with E-state index in [-0.39, 0.29) is 11.7 Å². The fourth-order valence-corrected chi connectivity index (χ4v) is 2.46. The molecular formula is C8H11NO3S2. The number of amides is 1. The number of hydrogen-bond donors (Lipinski definition) is 1. The van der Waals surface area contributed by atoms with Crippen LogP contribution in [0.25, 0.3) is 0 Å². The summed E-state index contributed by atoms with van der Waals surface area (Å²) in [5, 5.41) is 8.94. The standard InChI is InChI=1S/C8H11NO3S2/c1-2-3-5(7(11)12)9-6(10)4-14-8(9)13/h5H,2-4H2,1H3,(H,11,12). The first kappa shape index (κ1) is 11.5. The Balaban J connectivity index is 2.81. The molecule has 1 atom stereocenters. The van der Waals surface area contributed by atoms with Gasteiger partial charge in [-0.1, -0.05) is 37.3 Å². The zero-order chi connectivity index (χ0) is 10.7. The van der Waals surface area contributed by atoms with Gasteiger partial charge in [0, 0.05) is 0 Å². The van der Waals surface area contributed by atoms with E-state index in [1.54, 1.807) is 0 Å². The van der Waals surface area contributed by atoms with E-state index in [0.717, 1.165) is 0 Å². The van der Waals surface area contributed by atoms with Crippen LogP contribution in [-0.2, 0) is 9.59 Å². The summed E-state index contributed by atoms with van der Waals surface area (Å²) in [6.45, 7) is 1.88. The van der Waals surface area contributed by atoms with Crippen molar-refractivity contribution >= 4 is 40.2 Å². The lowest BCUT2D eigenvalue weighted by Gasteiger charge is -2.22. The van der Waals surface area contributed by atoms with Crippen molar-refractivity contribution in [2.75, 3.05) is 5.75 Å². The van der Waals surface area contributed by atoms with Gasteiger partial charge in [0.15, 0.2) is 0 Å². The fourth-order valence-electron chi connectivity index (χ4n) is 1.30. The van der Waals surface area contributed by atoms with Gasteiger partial charge in [0.1, 0.15) is 10.4 Å². The van der Waals surface area contributed by atoms with Crippen LogP contribution >= 0.6 is 24.0 Å². The molecule has 1 rings (SSSR count). The molecule has 4 nitrogen and oxygen atoms in total. The molecule has 0 spiro atoms. The zero-order valence-corrected chi connectivity index (χ0v) is 9.36. The second kappa shape index (κ2) is 4.75. The summed E-state index contributed by atoms with van der Waals surface area (Å²) < 4.78 is 0.385. The van der Waals surface area contributed by atoms with Gasteiger partial charge < -0.3 is 5.11 Å². The lowest BCUT2D eigenvalue weighted by Crippen LogP contribution is -2.43. The van der Waals surface area contributed by atoms with Gasteiger partial charge in [-0.2, -0.15) is 0 Å². The van der Waals surface area contributed by atoms with Gasteiger partial charge in [0.2, 0.25) is 5.91 Å². The van der Waals surface area contributed by atoms with Crippen LogP contribution in [0.15, 0.2) is 0 Å². The van der Waals surface area contributed by atoms with Crippen LogP contribution in [0.2, 0.25) is 0 Å². The maximum absolute atomic E-state index is 11.4. The summed E-state index contributed by atoms with van der Waals surface area (Å²) in [5.74, 6) is -0.905. The van der Waals surface area contributed by atoms with Crippen molar-refractivity contribution in [3.63, 3.8) is 0 Å². The van der Waals surface area contributed by atoms with Crippen LogP contribution in [0.1, 0.15) is 19.8 Å². The van der Waals surface area contributed by atoms with Crippen molar-refractivity contribution in [3.8, 4) is 0 Å². The van der Waals surface area contributed by atoms with Crippen molar-refractivity contribution in [2.45, 2.75) is 25.8 Å². The quantitative estimate of drug-likeness (QED) is 0.737. The van der Waals surface area contributed by atoms with E-state index in [9.17, 15) is 9.59 Å². The summed E-state index contributed by atoms with van der Waals surface area (Å²) >= 11 is 6.16. The van der Waals surface area contributed by atoms with Crippen LogP contribution in [0.5, 0.6) is 0 Å². The van der Waals surface area contributed by atoms with E-state index >= 15 is 0 Å². The Hall–Kier alpha value is -0.620. The molecule has 1 fully saturated rings. The van der Waals surface area contributed by atoms with Gasteiger partial charge in [-0.25, -0.2) is 4.79 Å². The average Bonchev–Trinajstić information content (AvgIpc) is 2.43. The summed E-state index contributed by atoms with van der Waals surface area (Å²) in [5.41, 5.74) is 0. The molecular weight excluding hydrogens is 222 g/mol. The number of carbonyl (C=O) groups excluding carboxylic acids is 1. The maximum Gasteiger partial charge on any atom is 0.326 e. The molecule has 0 aromatic rings. The van der Waals surface area contributed by atoms with Gasteiger partial charge >= 0.3 is 5.97 Å². The van der Waals surface area contributed by atoms with Crippen LogP contribution in [0, 0.1) is 0 Å². The van der Waals surface area contributed by atoms with Gasteiger partial charge in [-0.3, -0.25) is 9.69 Å². The van der Waals surface area contributed by atoms with Crippen molar-refractivity contribution in [1.29, 1.82) is 0 Å². The predicted octanol–water partition coefficient (Wildman–Crippen LogP) is 1.10. The third kappa shape index (κ3) is 2.24. The third-order valence-corrected chi connectivity index (χ3v) is 3.33. The molecule has 0 radical (unpaired) electrons. The zero-order valence-electron chi connectivity index (χ0n) is 7.73. The third-order valence-electron chi connectivity index (χ3n) is 1.94. The number of thiocarbonyl (C=S) groups is 1. The van der Waals surface area contributed by atoms with E-state index in [2.05, 4.69) is 0 Å². The Morgan fingerprint density at radius 3 is 2.79 bits per heavy atom. The molecule has 78 valence electrons. The molecule has 14 heavy (non-hydrogen) atoms. The largest absolute Gasteiger partial charge is 0.480 e. The number of carboxylic acid groups (broad SMARTS) is 1. The predicted molar refractivity (Wildman–Crippen MR) is 58.2 cm³/mol. The second-order valence-corrected chi connectivity index (χ2v) is 4.57. The Morgan fingerprint density at radius 1 is 1.79 bits per heavy atom. The summed E-state index contributed by atoms with van der Waals surface area (Å²) in [7, 11) is 0. The highest BCUT2D eigenvalue weighted by Gasteiger charge is 2.36. The molecule has 1 heterocycles. The fraction of sp³-hybridized carbons (Fsp3) is 0.625. The van der Waals surface area contributed by atoms with Crippen LogP contribution in [-0.4, -0.2) is 38.0 Å². The van der Waals surface area contributed by atoms with Crippen LogP contribution < -0.4 is 0 Å². The molecule has 6 heteroatoms. The molecule has 1 saturated heterocycles. The number of carbonyl (C=O) groups is 2. The van der Waals surface area contributed by atoms with E-state index < -0.39 is 12.0 Å². The number of thioether (sulfide) groups is 1. The Kier molecular flexibility index (Phi) is 3.88. The molecule has 1 unspecified atom stereocenters.